The summed E-state index contributed by atoms with van der Waals surface area (Å²) >= 11 is 12.5. The Balaban J connectivity index is 1.35. The van der Waals surface area contributed by atoms with Crippen molar-refractivity contribution in [3.05, 3.63) is 57.5 Å². The number of likely N-dealkylation sites (tertiary alicyclic amines) is 1. The molecule has 2 aliphatic heterocycles. The number of aromatic nitrogens is 1. The van der Waals surface area contributed by atoms with Crippen LogP contribution in [0.2, 0.25) is 10.0 Å². The first-order valence-electron chi connectivity index (χ1n) is 12.4. The van der Waals surface area contributed by atoms with Gasteiger partial charge in [-0.2, -0.15) is 0 Å². The van der Waals surface area contributed by atoms with Crippen LogP contribution in [0.25, 0.3) is 0 Å². The van der Waals surface area contributed by atoms with Crippen molar-refractivity contribution in [2.45, 2.75) is 44.8 Å². The van der Waals surface area contributed by atoms with E-state index in [1.807, 2.05) is 0 Å². The van der Waals surface area contributed by atoms with Gasteiger partial charge in [0.05, 0.1) is 17.7 Å². The second kappa shape index (κ2) is 12.0. The van der Waals surface area contributed by atoms with E-state index in [-0.39, 0.29) is 11.7 Å². The highest BCUT2D eigenvalue weighted by atomic mass is 35.5. The van der Waals surface area contributed by atoms with Crippen LogP contribution in [-0.4, -0.2) is 84.7 Å². The lowest BCUT2D eigenvalue weighted by atomic mass is 9.97. The number of piperidine rings is 1. The molecule has 2 fully saturated rings. The Labute approximate surface area is 222 Å². The van der Waals surface area contributed by atoms with Gasteiger partial charge in [-0.15, -0.1) is 0 Å². The van der Waals surface area contributed by atoms with E-state index in [9.17, 15) is 9.18 Å². The van der Waals surface area contributed by atoms with Crippen molar-refractivity contribution in [1.29, 1.82) is 0 Å². The number of nitrogens with zero attached hydrogens (tertiary/aromatic N) is 5. The van der Waals surface area contributed by atoms with E-state index in [1.165, 1.54) is 13.2 Å². The average Bonchev–Trinajstić information content (AvgIpc) is 2.89. The zero-order valence-electron chi connectivity index (χ0n) is 21.1. The maximum absolute atomic E-state index is 14.2. The molecular weight excluding hydrogens is 504 g/mol. The molecule has 1 atom stereocenters. The number of anilines is 1. The molecule has 2 aliphatic rings. The van der Waals surface area contributed by atoms with Gasteiger partial charge in [0, 0.05) is 62.1 Å². The molecule has 0 spiro atoms. The van der Waals surface area contributed by atoms with E-state index in [1.54, 1.807) is 31.4 Å². The number of carbonyl (C=O) groups excluding carboxylic acids is 1. The van der Waals surface area contributed by atoms with E-state index in [0.29, 0.717) is 45.6 Å². The standard InChI is InChI=1S/C26H34Cl2FN5O2/c1-4-21-17-33(25-23(28)13-19(15-30-25)26(35)31(2)36-3)11-12-34(21)22-7-9-32(10-8-22)16-18-5-6-20(27)14-24(18)29/h5-6,13-15,21-22H,4,7-12,16-17H2,1-3H3/t21-/m0/s1. The summed E-state index contributed by atoms with van der Waals surface area (Å²) in [4.78, 5) is 29.0. The smallest absolute Gasteiger partial charge is 0.278 e. The summed E-state index contributed by atoms with van der Waals surface area (Å²) < 4.78 is 14.2. The molecule has 2 aromatic rings. The molecule has 1 aromatic carbocycles. The van der Waals surface area contributed by atoms with Crippen molar-refractivity contribution < 1.29 is 14.0 Å². The first kappa shape index (κ1) is 27.1. The predicted octanol–water partition coefficient (Wildman–Crippen LogP) is 4.73. The van der Waals surface area contributed by atoms with Crippen LogP contribution in [0.1, 0.15) is 42.1 Å². The van der Waals surface area contributed by atoms with Gasteiger partial charge in [-0.1, -0.05) is 36.2 Å². The van der Waals surface area contributed by atoms with Crippen molar-refractivity contribution in [3.8, 4) is 0 Å². The Kier molecular flexibility index (Phi) is 9.06. The topological polar surface area (TPSA) is 52.2 Å². The third kappa shape index (κ3) is 6.11. The quantitative estimate of drug-likeness (QED) is 0.476. The van der Waals surface area contributed by atoms with Gasteiger partial charge in [-0.25, -0.2) is 14.4 Å². The number of hydrogen-bond donors (Lipinski definition) is 0. The fraction of sp³-hybridized carbons (Fsp3) is 0.538. The predicted molar refractivity (Wildman–Crippen MR) is 141 cm³/mol. The summed E-state index contributed by atoms with van der Waals surface area (Å²) in [6, 6.07) is 7.49. The van der Waals surface area contributed by atoms with Crippen LogP contribution in [0.3, 0.4) is 0 Å². The van der Waals surface area contributed by atoms with Gasteiger partial charge in [-0.05, 0) is 50.6 Å². The molecule has 196 valence electrons. The second-order valence-electron chi connectivity index (χ2n) is 9.50. The van der Waals surface area contributed by atoms with Crippen LogP contribution >= 0.6 is 23.2 Å². The largest absolute Gasteiger partial charge is 0.353 e. The molecule has 4 rings (SSSR count). The van der Waals surface area contributed by atoms with Crippen molar-refractivity contribution in [2.75, 3.05) is 51.8 Å². The molecule has 0 unspecified atom stereocenters. The highest BCUT2D eigenvalue weighted by molar-refractivity contribution is 6.33. The molecular formula is C26H34Cl2FN5O2. The number of hydroxylamine groups is 2. The normalized spacial score (nSPS) is 20.1. The lowest BCUT2D eigenvalue weighted by molar-refractivity contribution is -0.0757. The summed E-state index contributed by atoms with van der Waals surface area (Å²) in [5.74, 6) is 0.188. The third-order valence-corrected chi connectivity index (χ3v) is 7.88. The number of piperazine rings is 1. The lowest BCUT2D eigenvalue weighted by Gasteiger charge is -2.47. The Bertz CT molecular complexity index is 1070. The molecule has 10 heteroatoms. The number of pyridine rings is 1. The summed E-state index contributed by atoms with van der Waals surface area (Å²) in [6.45, 7) is 7.32. The Morgan fingerprint density at radius 2 is 1.94 bits per heavy atom. The number of benzene rings is 1. The number of amides is 1. The number of hydrogen-bond acceptors (Lipinski definition) is 6. The van der Waals surface area contributed by atoms with E-state index in [0.717, 1.165) is 57.0 Å². The van der Waals surface area contributed by atoms with Crippen molar-refractivity contribution in [1.82, 2.24) is 19.8 Å². The molecule has 1 amide bonds. The summed E-state index contributed by atoms with van der Waals surface area (Å²) in [5.41, 5.74) is 1.09. The number of carbonyl (C=O) groups is 1. The molecule has 3 heterocycles. The first-order chi connectivity index (χ1) is 17.3. The van der Waals surface area contributed by atoms with Gasteiger partial charge in [-0.3, -0.25) is 19.4 Å². The molecule has 0 N–H and O–H groups in total. The lowest BCUT2D eigenvalue weighted by Crippen LogP contribution is -2.58. The highest BCUT2D eigenvalue weighted by Crippen LogP contribution is 2.30. The van der Waals surface area contributed by atoms with Gasteiger partial charge in [0.2, 0.25) is 0 Å². The van der Waals surface area contributed by atoms with Crippen LogP contribution in [0.5, 0.6) is 0 Å². The minimum Gasteiger partial charge on any atom is -0.353 e. The van der Waals surface area contributed by atoms with E-state index in [4.69, 9.17) is 28.0 Å². The highest BCUT2D eigenvalue weighted by Gasteiger charge is 2.34. The van der Waals surface area contributed by atoms with E-state index < -0.39 is 0 Å². The van der Waals surface area contributed by atoms with Crippen LogP contribution in [-0.2, 0) is 11.4 Å². The number of halogens is 3. The Morgan fingerprint density at radius 1 is 1.19 bits per heavy atom. The van der Waals surface area contributed by atoms with Crippen LogP contribution in [0.15, 0.2) is 30.5 Å². The Morgan fingerprint density at radius 3 is 2.58 bits per heavy atom. The minimum atomic E-state index is -0.292. The van der Waals surface area contributed by atoms with Crippen molar-refractivity contribution in [2.24, 2.45) is 0 Å². The van der Waals surface area contributed by atoms with Crippen LogP contribution in [0, 0.1) is 5.82 Å². The molecule has 7 nitrogen and oxygen atoms in total. The monoisotopic (exact) mass is 537 g/mol. The second-order valence-corrected chi connectivity index (χ2v) is 10.3. The van der Waals surface area contributed by atoms with Gasteiger partial charge in [0.25, 0.3) is 5.91 Å². The van der Waals surface area contributed by atoms with Crippen molar-refractivity contribution >= 4 is 34.9 Å². The van der Waals surface area contributed by atoms with E-state index in [2.05, 4.69) is 26.6 Å². The summed E-state index contributed by atoms with van der Waals surface area (Å²) in [5, 5.41) is 2.05. The average molecular weight is 538 g/mol. The first-order valence-corrected chi connectivity index (χ1v) is 13.2. The number of rotatable bonds is 7. The Hall–Kier alpha value is -1.97. The summed E-state index contributed by atoms with van der Waals surface area (Å²) in [7, 11) is 2.99. The maximum Gasteiger partial charge on any atom is 0.278 e. The summed E-state index contributed by atoms with van der Waals surface area (Å²) in [6.07, 6.45) is 4.72. The molecule has 0 aliphatic carbocycles. The maximum atomic E-state index is 14.2. The fourth-order valence-electron chi connectivity index (χ4n) is 5.25. The SMILES string of the molecule is CC[C@H]1CN(c2ncc(C(=O)N(C)OC)cc2Cl)CCN1C1CCN(Cc2ccc(Cl)cc2F)CC1. The van der Waals surface area contributed by atoms with Crippen LogP contribution < -0.4 is 4.90 Å². The molecule has 2 saturated heterocycles. The zero-order chi connectivity index (χ0) is 25.8. The molecule has 0 radical (unpaired) electrons. The molecule has 0 bridgehead atoms. The molecule has 0 saturated carbocycles. The zero-order valence-corrected chi connectivity index (χ0v) is 22.6. The molecule has 36 heavy (non-hydrogen) atoms. The van der Waals surface area contributed by atoms with Gasteiger partial charge in [0.1, 0.15) is 11.6 Å². The van der Waals surface area contributed by atoms with Crippen molar-refractivity contribution in [3.63, 3.8) is 0 Å². The van der Waals surface area contributed by atoms with Gasteiger partial charge < -0.3 is 4.90 Å². The van der Waals surface area contributed by atoms with Crippen LogP contribution in [0.4, 0.5) is 10.2 Å². The van der Waals surface area contributed by atoms with E-state index >= 15 is 0 Å². The third-order valence-electron chi connectivity index (χ3n) is 7.36. The fourth-order valence-corrected chi connectivity index (χ4v) is 5.70. The molecule has 1 aromatic heterocycles. The van der Waals surface area contributed by atoms with Gasteiger partial charge in [0.15, 0.2) is 0 Å². The minimum absolute atomic E-state index is 0.234. The van der Waals surface area contributed by atoms with Gasteiger partial charge >= 0.3 is 0 Å².